The van der Waals surface area contributed by atoms with Crippen LogP contribution in [0.4, 0.5) is 4.79 Å². The lowest BCUT2D eigenvalue weighted by atomic mass is 10.1. The van der Waals surface area contributed by atoms with E-state index in [4.69, 9.17) is 14.2 Å². The van der Waals surface area contributed by atoms with Gasteiger partial charge in [0.25, 0.3) is 17.1 Å². The monoisotopic (exact) mass is 509 g/mol. The van der Waals surface area contributed by atoms with Crippen molar-refractivity contribution in [1.29, 1.82) is 0 Å². The molecule has 1 saturated heterocycles. The number of benzene rings is 2. The third kappa shape index (κ3) is 4.91. The topological polar surface area (TPSA) is 127 Å². The Morgan fingerprint density at radius 3 is 2.39 bits per heavy atom. The van der Waals surface area contributed by atoms with Gasteiger partial charge in [-0.15, -0.1) is 0 Å². The van der Waals surface area contributed by atoms with E-state index in [1.807, 2.05) is 0 Å². The third-order valence-corrected chi connectivity index (χ3v) is 6.38. The summed E-state index contributed by atoms with van der Waals surface area (Å²) in [6.45, 7) is -0.000411. The highest BCUT2D eigenvalue weighted by Crippen LogP contribution is 2.40. The van der Waals surface area contributed by atoms with Crippen LogP contribution in [-0.4, -0.2) is 61.4 Å². The molecule has 0 saturated carbocycles. The summed E-state index contributed by atoms with van der Waals surface area (Å²) >= 11 is 0.800. The zero-order valence-electron chi connectivity index (χ0n) is 19.7. The van der Waals surface area contributed by atoms with Crippen molar-refractivity contribution in [2.75, 3.05) is 34.4 Å². The van der Waals surface area contributed by atoms with Gasteiger partial charge >= 0.3 is 0 Å². The zero-order valence-corrected chi connectivity index (χ0v) is 20.6. The molecule has 3 amide bonds. The highest BCUT2D eigenvalue weighted by Gasteiger charge is 2.35. The first kappa shape index (κ1) is 24.9. The number of nitrogens with zero attached hydrogens (tertiary/aromatic N) is 1. The van der Waals surface area contributed by atoms with Gasteiger partial charge in [0.1, 0.15) is 0 Å². The number of pyridine rings is 1. The third-order valence-electron chi connectivity index (χ3n) is 5.47. The lowest BCUT2D eigenvalue weighted by Gasteiger charge is -2.14. The lowest BCUT2D eigenvalue weighted by molar-refractivity contribution is -0.122. The Balaban J connectivity index is 1.46. The van der Waals surface area contributed by atoms with E-state index in [1.165, 1.54) is 27.4 Å². The molecule has 186 valence electrons. The fourth-order valence-electron chi connectivity index (χ4n) is 3.80. The van der Waals surface area contributed by atoms with Crippen molar-refractivity contribution in [3.05, 3.63) is 68.9 Å². The Labute approximate surface area is 210 Å². The van der Waals surface area contributed by atoms with Crippen LogP contribution < -0.4 is 25.1 Å². The van der Waals surface area contributed by atoms with Gasteiger partial charge in [-0.25, -0.2) is 0 Å². The molecule has 4 rings (SSSR count). The number of hydrogen-bond acceptors (Lipinski definition) is 8. The molecule has 0 aliphatic carbocycles. The Bertz CT molecular complexity index is 1420. The molecule has 1 aliphatic rings. The number of H-pyrrole nitrogens is 1. The fourth-order valence-corrected chi connectivity index (χ4v) is 4.66. The van der Waals surface area contributed by atoms with Crippen LogP contribution in [0.1, 0.15) is 15.9 Å². The molecule has 2 N–H and O–H groups in total. The maximum atomic E-state index is 12.9. The minimum Gasteiger partial charge on any atom is -0.493 e. The van der Waals surface area contributed by atoms with Crippen molar-refractivity contribution in [3.63, 3.8) is 0 Å². The second-order valence-electron chi connectivity index (χ2n) is 7.64. The van der Waals surface area contributed by atoms with Crippen LogP contribution in [0.3, 0.4) is 0 Å². The van der Waals surface area contributed by atoms with Crippen molar-refractivity contribution in [1.82, 2.24) is 15.2 Å². The lowest BCUT2D eigenvalue weighted by Crippen LogP contribution is -2.37. The molecule has 36 heavy (non-hydrogen) atoms. The van der Waals surface area contributed by atoms with Crippen molar-refractivity contribution in [2.45, 2.75) is 0 Å². The summed E-state index contributed by atoms with van der Waals surface area (Å²) in [6, 6.07) is 11.5. The zero-order chi connectivity index (χ0) is 25.8. The second-order valence-corrected chi connectivity index (χ2v) is 8.63. The van der Waals surface area contributed by atoms with Crippen molar-refractivity contribution in [2.24, 2.45) is 0 Å². The number of aromatic nitrogens is 1. The quantitative estimate of drug-likeness (QED) is 0.444. The highest BCUT2D eigenvalue weighted by atomic mass is 32.2. The van der Waals surface area contributed by atoms with Crippen LogP contribution in [0.2, 0.25) is 0 Å². The number of imide groups is 1. The van der Waals surface area contributed by atoms with Gasteiger partial charge in [-0.2, -0.15) is 0 Å². The number of rotatable bonds is 8. The first-order chi connectivity index (χ1) is 17.4. The number of fused-ring (bicyclic) bond motifs is 1. The Hall–Kier alpha value is -4.25. The summed E-state index contributed by atoms with van der Waals surface area (Å²) in [4.78, 5) is 54.0. The Kier molecular flexibility index (Phi) is 7.30. The van der Waals surface area contributed by atoms with Crippen LogP contribution >= 0.6 is 11.8 Å². The maximum absolute atomic E-state index is 12.9. The molecule has 1 aromatic heterocycles. The van der Waals surface area contributed by atoms with Gasteiger partial charge in [-0.3, -0.25) is 24.1 Å². The average Bonchev–Trinajstić information content (AvgIpc) is 3.14. The predicted molar refractivity (Wildman–Crippen MR) is 136 cm³/mol. The number of para-hydroxylation sites is 1. The molecule has 3 aromatic rings. The van der Waals surface area contributed by atoms with Gasteiger partial charge < -0.3 is 24.5 Å². The van der Waals surface area contributed by atoms with E-state index >= 15 is 0 Å². The molecule has 0 unspecified atom stereocenters. The first-order valence-corrected chi connectivity index (χ1v) is 11.6. The SMILES string of the molecule is COc1cc(C=C2SC(=O)N(CCNC(=O)c3cc(=O)[nH]c4ccccc34)C2=O)cc(OC)c1OC. The van der Waals surface area contributed by atoms with Crippen LogP contribution in [-0.2, 0) is 4.79 Å². The minimum absolute atomic E-state index is 0.0233. The van der Waals surface area contributed by atoms with E-state index in [9.17, 15) is 19.2 Å². The van der Waals surface area contributed by atoms with Crippen LogP contribution in [0.25, 0.3) is 17.0 Å². The molecule has 0 bridgehead atoms. The number of ether oxygens (including phenoxy) is 3. The van der Waals surface area contributed by atoms with Gasteiger partial charge in [-0.05, 0) is 41.6 Å². The largest absolute Gasteiger partial charge is 0.493 e. The molecule has 11 heteroatoms. The van der Waals surface area contributed by atoms with Gasteiger partial charge in [-0.1, -0.05) is 18.2 Å². The number of hydrogen-bond donors (Lipinski definition) is 2. The summed E-state index contributed by atoms with van der Waals surface area (Å²) in [5, 5.41) is 2.82. The van der Waals surface area contributed by atoms with E-state index in [0.717, 1.165) is 16.7 Å². The number of amides is 3. The summed E-state index contributed by atoms with van der Waals surface area (Å²) in [7, 11) is 4.46. The normalized spacial score (nSPS) is 14.4. The fraction of sp³-hybridized carbons (Fsp3) is 0.200. The molecular formula is C25H23N3O7S. The molecule has 10 nitrogen and oxygen atoms in total. The van der Waals surface area contributed by atoms with Gasteiger partial charge in [0.05, 0.1) is 31.8 Å². The Morgan fingerprint density at radius 2 is 1.72 bits per heavy atom. The smallest absolute Gasteiger partial charge is 0.293 e. The average molecular weight is 510 g/mol. The molecule has 0 atom stereocenters. The molecule has 0 spiro atoms. The van der Waals surface area contributed by atoms with Gasteiger partial charge in [0.2, 0.25) is 11.3 Å². The van der Waals surface area contributed by atoms with Crippen LogP contribution in [0, 0.1) is 0 Å². The van der Waals surface area contributed by atoms with E-state index in [0.29, 0.717) is 33.7 Å². The van der Waals surface area contributed by atoms with E-state index in [1.54, 1.807) is 42.5 Å². The summed E-state index contributed by atoms with van der Waals surface area (Å²) in [5.74, 6) is 0.288. The molecule has 1 fully saturated rings. The van der Waals surface area contributed by atoms with Crippen molar-refractivity contribution in [3.8, 4) is 17.2 Å². The van der Waals surface area contributed by atoms with E-state index < -0.39 is 22.6 Å². The van der Waals surface area contributed by atoms with Gasteiger partial charge in [0.15, 0.2) is 11.5 Å². The number of carbonyl (C=O) groups excluding carboxylic acids is 3. The first-order valence-electron chi connectivity index (χ1n) is 10.8. The molecular weight excluding hydrogens is 486 g/mol. The summed E-state index contributed by atoms with van der Waals surface area (Å²) < 4.78 is 16.0. The minimum atomic E-state index is -0.477. The Morgan fingerprint density at radius 1 is 1.03 bits per heavy atom. The van der Waals surface area contributed by atoms with Crippen molar-refractivity contribution >= 4 is 45.8 Å². The second kappa shape index (κ2) is 10.6. The highest BCUT2D eigenvalue weighted by molar-refractivity contribution is 8.18. The van der Waals surface area contributed by atoms with E-state index in [2.05, 4.69) is 10.3 Å². The van der Waals surface area contributed by atoms with Crippen LogP contribution in [0.15, 0.2) is 52.2 Å². The number of thioether (sulfide) groups is 1. The van der Waals surface area contributed by atoms with Crippen LogP contribution in [0.5, 0.6) is 17.2 Å². The molecule has 2 aromatic carbocycles. The molecule has 1 aliphatic heterocycles. The summed E-state index contributed by atoms with van der Waals surface area (Å²) in [5.41, 5.74) is 0.940. The number of aromatic amines is 1. The molecule has 2 heterocycles. The van der Waals surface area contributed by atoms with Gasteiger partial charge in [0, 0.05) is 30.1 Å². The number of nitrogens with one attached hydrogen (secondary N) is 2. The standard InChI is InChI=1S/C25H23N3O7S/c1-33-18-10-14(11-19(34-2)22(18)35-3)12-20-24(31)28(25(32)36-20)9-8-26-23(30)16-13-21(29)27-17-7-5-4-6-15(16)17/h4-7,10-13H,8-9H2,1-3H3,(H,26,30)(H,27,29). The number of methoxy groups -OCH3 is 3. The van der Waals surface area contributed by atoms with E-state index in [-0.39, 0.29) is 23.6 Å². The number of carbonyl (C=O) groups is 3. The summed E-state index contributed by atoms with van der Waals surface area (Å²) in [6.07, 6.45) is 1.57. The predicted octanol–water partition coefficient (Wildman–Crippen LogP) is 3.02. The van der Waals surface area contributed by atoms with Crippen molar-refractivity contribution < 1.29 is 28.6 Å². The molecule has 0 radical (unpaired) electrons. The maximum Gasteiger partial charge on any atom is 0.293 e.